The zero-order valence-corrected chi connectivity index (χ0v) is 28.5. The largest absolute Gasteiger partial charge is 0.456 e. The van der Waals surface area contributed by atoms with Gasteiger partial charge in [-0.2, -0.15) is 0 Å². The maximum absolute atomic E-state index is 8.96. The fourth-order valence-corrected chi connectivity index (χ4v) is 5.06. The Morgan fingerprint density at radius 3 is 2.19 bits per heavy atom. The lowest BCUT2D eigenvalue weighted by Crippen LogP contribution is -2.50. The molecular formula is C41H41BN3O3. The number of nitrogens with zero attached hydrogens (tertiary/aromatic N) is 2. The molecule has 0 aliphatic heterocycles. The SMILES string of the molecule is C=C/C(=C\C(=C/C)C(=N)N=C(N=Cc1cccc2oc3ccc([B]OC(C)(C)C(C)(C)OC)cc3c12)c1ccccc1)c1ccccc1. The van der Waals surface area contributed by atoms with Crippen LogP contribution >= 0.6 is 0 Å². The van der Waals surface area contributed by atoms with Crippen molar-refractivity contribution in [3.05, 3.63) is 144 Å². The van der Waals surface area contributed by atoms with Crippen molar-refractivity contribution in [1.29, 1.82) is 5.41 Å². The summed E-state index contributed by atoms with van der Waals surface area (Å²) in [5.41, 5.74) is 5.59. The standard InChI is InChI=1S/C41H41BN3O3/c1-8-28(30-17-12-10-13-18-30)25-29(9-2)38(43)45-39(31-19-14-11-15-20-31)44-27-32-21-16-22-36-37(32)34-26-33(23-24-35(34)47-36)42-48-41(5,6)40(3,4)46-7/h8-27,43H,1H2,2-7H3/b28-25+,29-9+,43-38?,44-27?,45-39?. The third-order valence-electron chi connectivity index (χ3n) is 8.80. The number of rotatable bonds is 11. The minimum atomic E-state index is -0.564. The number of allylic oxidation sites excluding steroid dienone is 3. The Hall–Kier alpha value is -5.11. The molecule has 1 radical (unpaired) electrons. The smallest absolute Gasteiger partial charge is 0.330 e. The lowest BCUT2D eigenvalue weighted by Gasteiger charge is -2.40. The van der Waals surface area contributed by atoms with Crippen molar-refractivity contribution < 1.29 is 13.8 Å². The number of fused-ring (bicyclic) bond motifs is 3. The van der Waals surface area contributed by atoms with E-state index < -0.39 is 11.2 Å². The van der Waals surface area contributed by atoms with E-state index in [-0.39, 0.29) is 5.84 Å². The molecule has 241 valence electrons. The molecule has 1 aromatic heterocycles. The highest BCUT2D eigenvalue weighted by Crippen LogP contribution is 2.31. The Labute approximate surface area is 284 Å². The van der Waals surface area contributed by atoms with Gasteiger partial charge in [0.1, 0.15) is 11.2 Å². The Balaban J connectivity index is 1.51. The summed E-state index contributed by atoms with van der Waals surface area (Å²) in [6, 6.07) is 31.6. The predicted molar refractivity (Wildman–Crippen MR) is 202 cm³/mol. The van der Waals surface area contributed by atoms with E-state index in [2.05, 4.69) is 12.6 Å². The summed E-state index contributed by atoms with van der Waals surface area (Å²) in [6.45, 7) is 13.9. The van der Waals surface area contributed by atoms with E-state index in [0.717, 1.165) is 49.7 Å². The molecule has 0 saturated carbocycles. The molecule has 0 atom stereocenters. The highest BCUT2D eigenvalue weighted by molar-refractivity contribution is 6.47. The molecule has 7 heteroatoms. The van der Waals surface area contributed by atoms with E-state index >= 15 is 0 Å². The van der Waals surface area contributed by atoms with Crippen LogP contribution in [0.1, 0.15) is 51.3 Å². The molecule has 0 fully saturated rings. The number of amidine groups is 2. The summed E-state index contributed by atoms with van der Waals surface area (Å²) in [5.74, 6) is 0.513. The molecule has 0 amide bonds. The van der Waals surface area contributed by atoms with Crippen molar-refractivity contribution in [2.75, 3.05) is 7.11 Å². The fraction of sp³-hybridized carbons (Fsp3) is 0.195. The van der Waals surface area contributed by atoms with Gasteiger partial charge >= 0.3 is 7.48 Å². The van der Waals surface area contributed by atoms with Gasteiger partial charge in [0.25, 0.3) is 0 Å². The third kappa shape index (κ3) is 7.54. The van der Waals surface area contributed by atoms with Gasteiger partial charge in [-0.1, -0.05) is 109 Å². The number of methoxy groups -OCH3 is 1. The Kier molecular flexibility index (Phi) is 10.5. The van der Waals surface area contributed by atoms with Gasteiger partial charge < -0.3 is 13.8 Å². The number of furan rings is 1. The zero-order valence-electron chi connectivity index (χ0n) is 28.5. The summed E-state index contributed by atoms with van der Waals surface area (Å²) < 4.78 is 18.1. The minimum absolute atomic E-state index is 0.0931. The molecule has 0 bridgehead atoms. The van der Waals surface area contributed by atoms with Crippen LogP contribution in [0.5, 0.6) is 0 Å². The average Bonchev–Trinajstić information content (AvgIpc) is 3.49. The van der Waals surface area contributed by atoms with Crippen LogP contribution < -0.4 is 5.46 Å². The first-order valence-corrected chi connectivity index (χ1v) is 15.9. The molecule has 0 unspecified atom stereocenters. The Bertz CT molecular complexity index is 2050. The van der Waals surface area contributed by atoms with Crippen molar-refractivity contribution in [2.24, 2.45) is 9.98 Å². The summed E-state index contributed by atoms with van der Waals surface area (Å²) in [7, 11) is 3.46. The van der Waals surface area contributed by atoms with Gasteiger partial charge in [0.05, 0.1) is 11.2 Å². The number of aliphatic imine (C=N–C) groups is 2. The Morgan fingerprint density at radius 1 is 0.854 bits per heavy atom. The van der Waals surface area contributed by atoms with E-state index in [1.54, 1.807) is 26.9 Å². The molecule has 5 aromatic rings. The fourth-order valence-electron chi connectivity index (χ4n) is 5.06. The van der Waals surface area contributed by atoms with E-state index in [1.165, 1.54) is 0 Å². The van der Waals surface area contributed by atoms with Crippen LogP contribution in [-0.4, -0.2) is 43.7 Å². The van der Waals surface area contributed by atoms with Crippen LogP contribution in [0, 0.1) is 5.41 Å². The zero-order chi connectivity index (χ0) is 34.3. The van der Waals surface area contributed by atoms with Crippen LogP contribution in [0.2, 0.25) is 0 Å². The van der Waals surface area contributed by atoms with Crippen molar-refractivity contribution in [1.82, 2.24) is 0 Å². The summed E-state index contributed by atoms with van der Waals surface area (Å²) in [4.78, 5) is 9.60. The maximum atomic E-state index is 8.96. The minimum Gasteiger partial charge on any atom is -0.456 e. The van der Waals surface area contributed by atoms with Crippen LogP contribution in [0.4, 0.5) is 0 Å². The molecular weight excluding hydrogens is 593 g/mol. The van der Waals surface area contributed by atoms with Gasteiger partial charge in [-0.15, -0.1) is 0 Å². The normalized spacial score (nSPS) is 13.4. The highest BCUT2D eigenvalue weighted by atomic mass is 16.5. The first-order chi connectivity index (χ1) is 23.1. The van der Waals surface area contributed by atoms with E-state index in [4.69, 9.17) is 29.2 Å². The number of benzene rings is 4. The number of hydrogen-bond acceptors (Lipinski definition) is 4. The number of ether oxygens (including phenoxy) is 1. The summed E-state index contributed by atoms with van der Waals surface area (Å²) in [5, 5.41) is 10.8. The molecule has 6 nitrogen and oxygen atoms in total. The molecule has 1 heterocycles. The van der Waals surface area contributed by atoms with Crippen molar-refractivity contribution >= 4 is 58.3 Å². The van der Waals surface area contributed by atoms with Gasteiger partial charge in [-0.25, -0.2) is 9.98 Å². The van der Waals surface area contributed by atoms with Crippen molar-refractivity contribution in [3.8, 4) is 0 Å². The first-order valence-electron chi connectivity index (χ1n) is 15.9. The van der Waals surface area contributed by atoms with Crippen molar-refractivity contribution in [3.63, 3.8) is 0 Å². The average molecular weight is 635 g/mol. The monoisotopic (exact) mass is 634 g/mol. The number of nitrogens with one attached hydrogen (secondary N) is 1. The van der Waals surface area contributed by atoms with E-state index in [9.17, 15) is 0 Å². The summed E-state index contributed by atoms with van der Waals surface area (Å²) >= 11 is 0. The van der Waals surface area contributed by atoms with Crippen LogP contribution in [-0.2, 0) is 9.39 Å². The van der Waals surface area contributed by atoms with Gasteiger partial charge in [-0.3, -0.25) is 5.41 Å². The second-order valence-electron chi connectivity index (χ2n) is 12.4. The first kappa shape index (κ1) is 34.2. The molecule has 0 aliphatic carbocycles. The van der Waals surface area contributed by atoms with Crippen LogP contribution in [0.15, 0.2) is 142 Å². The van der Waals surface area contributed by atoms with Crippen LogP contribution in [0.25, 0.3) is 27.5 Å². The van der Waals surface area contributed by atoms with Gasteiger partial charge in [-0.05, 0) is 64.0 Å². The van der Waals surface area contributed by atoms with E-state index in [0.29, 0.717) is 11.4 Å². The van der Waals surface area contributed by atoms with Gasteiger partial charge in [0.2, 0.25) is 0 Å². The molecule has 0 saturated heterocycles. The van der Waals surface area contributed by atoms with E-state index in [1.807, 2.05) is 138 Å². The Morgan fingerprint density at radius 2 is 1.54 bits per heavy atom. The number of hydrogen-bond donors (Lipinski definition) is 1. The van der Waals surface area contributed by atoms with Gasteiger partial charge in [0, 0.05) is 40.8 Å². The molecule has 0 spiro atoms. The molecule has 0 aliphatic rings. The molecule has 48 heavy (non-hydrogen) atoms. The quantitative estimate of drug-likeness (QED) is 0.0681. The molecule has 5 rings (SSSR count). The summed E-state index contributed by atoms with van der Waals surface area (Å²) in [6.07, 6.45) is 7.38. The maximum Gasteiger partial charge on any atom is 0.330 e. The van der Waals surface area contributed by atoms with Crippen molar-refractivity contribution in [2.45, 2.75) is 45.8 Å². The second-order valence-corrected chi connectivity index (χ2v) is 12.4. The molecule has 1 N–H and O–H groups in total. The highest BCUT2D eigenvalue weighted by Gasteiger charge is 2.38. The molecule has 4 aromatic carbocycles. The third-order valence-corrected chi connectivity index (χ3v) is 8.80. The van der Waals surface area contributed by atoms with Crippen LogP contribution in [0.3, 0.4) is 0 Å². The lowest BCUT2D eigenvalue weighted by atomic mass is 9.82. The lowest BCUT2D eigenvalue weighted by molar-refractivity contribution is -0.114. The topological polar surface area (TPSA) is 80.2 Å². The van der Waals surface area contributed by atoms with Gasteiger partial charge in [0.15, 0.2) is 11.7 Å². The second kappa shape index (κ2) is 14.8. The predicted octanol–water partition coefficient (Wildman–Crippen LogP) is 9.11.